The fourth-order valence-electron chi connectivity index (χ4n) is 6.94. The van der Waals surface area contributed by atoms with Crippen molar-refractivity contribution in [1.29, 1.82) is 0 Å². The minimum Gasteiger partial charge on any atom is -0.508 e. The third kappa shape index (κ3) is 10.6. The van der Waals surface area contributed by atoms with Crippen LogP contribution in [0.2, 0.25) is 0 Å². The summed E-state index contributed by atoms with van der Waals surface area (Å²) in [5.41, 5.74) is -0.883. The second-order valence-corrected chi connectivity index (χ2v) is 14.7. The van der Waals surface area contributed by atoms with Crippen LogP contribution in [-0.4, -0.2) is 139 Å². The number of rotatable bonds is 8. The minimum atomic E-state index is -5.06. The molecule has 0 aliphatic carbocycles. The second kappa shape index (κ2) is 19.5. The van der Waals surface area contributed by atoms with Crippen LogP contribution in [0.3, 0.4) is 0 Å². The van der Waals surface area contributed by atoms with E-state index in [1.807, 2.05) is 0 Å². The summed E-state index contributed by atoms with van der Waals surface area (Å²) in [7, 11) is 8.54. The Bertz CT molecular complexity index is 2180. The summed E-state index contributed by atoms with van der Waals surface area (Å²) >= 11 is 0. The first-order chi connectivity index (χ1) is 27.8. The van der Waals surface area contributed by atoms with E-state index in [0.717, 1.165) is 23.9 Å². The summed E-state index contributed by atoms with van der Waals surface area (Å²) in [6, 6.07) is 3.03. The lowest BCUT2D eigenvalue weighted by molar-refractivity contribution is -0.190. The number of methoxy groups -OCH3 is 2. The Labute approximate surface area is 340 Å². The van der Waals surface area contributed by atoms with Crippen molar-refractivity contribution in [2.24, 2.45) is 0 Å². The Hall–Kier alpha value is -5.54. The Morgan fingerprint density at radius 3 is 2.29 bits per heavy atom. The maximum atomic E-state index is 16.8. The summed E-state index contributed by atoms with van der Waals surface area (Å²) in [5.74, 6) is -1.74. The SMILES string of the molecule is C#Cc1c(F)ccc2cc(O)cc(-c3nc(OC(C)C)c4c(N5CC(C)N(C(=O)C(F)(F)F)C(CC)C5)nc(OC)nc4c3F)c12.CN(C)C=O.COC1CCN(C)C1. The number of terminal acetylenes is 1. The number of piperazine rings is 1. The first-order valence-electron chi connectivity index (χ1n) is 18.8. The number of carbonyl (C=O) groups is 2. The average Bonchev–Trinajstić information content (AvgIpc) is 3.62. The fraction of sp³-hybridized carbons (Fsp3) is 0.488. The standard InChI is InChI=1S/C32H30F5N5O4.C6H13NO.C3H7NO/c1-7-18-14-41(13-16(5)42(18)30(44)32(35,36)37)28-24-27(39-31(40-28)45-6)25(34)26(38-29(24)46-15(3)4)21-12-19(43)11-17-9-10-22(33)20(8-2)23(17)21;1-7-4-3-6(5-7)8-2;1-4(2)3-5/h2,9-12,15-16,18,43H,7,13-14H2,1,3-6H3;6H,3-5H2,1-2H3;3H,1-2H3. The molecule has 4 heterocycles. The third-order valence-electron chi connectivity index (χ3n) is 9.62. The van der Waals surface area contributed by atoms with Crippen molar-refractivity contribution in [1.82, 2.24) is 29.7 Å². The Morgan fingerprint density at radius 2 is 1.78 bits per heavy atom. The van der Waals surface area contributed by atoms with Gasteiger partial charge < -0.3 is 38.9 Å². The van der Waals surface area contributed by atoms with E-state index in [-0.39, 0.29) is 76.1 Å². The van der Waals surface area contributed by atoms with Crippen LogP contribution in [0.15, 0.2) is 24.3 Å². The number of aromatic hydroxyl groups is 1. The first kappa shape index (κ1) is 46.2. The zero-order valence-electron chi connectivity index (χ0n) is 34.5. The smallest absolute Gasteiger partial charge is 0.471 e. The van der Waals surface area contributed by atoms with E-state index >= 15 is 4.39 Å². The number of aromatic nitrogens is 3. The van der Waals surface area contributed by atoms with Crippen LogP contribution in [0.25, 0.3) is 32.9 Å². The number of nitrogens with zero attached hydrogens (tertiary/aromatic N) is 7. The summed E-state index contributed by atoms with van der Waals surface area (Å²) in [5, 5.41) is 11.0. The van der Waals surface area contributed by atoms with Crippen LogP contribution in [0.4, 0.5) is 27.8 Å². The van der Waals surface area contributed by atoms with Gasteiger partial charge in [-0.1, -0.05) is 18.9 Å². The van der Waals surface area contributed by atoms with Crippen LogP contribution in [0.1, 0.15) is 46.1 Å². The van der Waals surface area contributed by atoms with Gasteiger partial charge in [0, 0.05) is 70.4 Å². The molecule has 3 atom stereocenters. The minimum absolute atomic E-state index is 0.00112. The topological polar surface area (TPSA) is 134 Å². The molecule has 2 aliphatic heterocycles. The van der Waals surface area contributed by atoms with Crippen molar-refractivity contribution in [3.63, 3.8) is 0 Å². The third-order valence-corrected chi connectivity index (χ3v) is 9.62. The maximum Gasteiger partial charge on any atom is 0.471 e. The second-order valence-electron chi connectivity index (χ2n) is 14.7. The highest BCUT2D eigenvalue weighted by atomic mass is 19.4. The molecule has 13 nitrogen and oxygen atoms in total. The number of hydrogen-bond acceptors (Lipinski definition) is 11. The van der Waals surface area contributed by atoms with E-state index in [1.165, 1.54) is 50.1 Å². The fourth-order valence-corrected chi connectivity index (χ4v) is 6.94. The predicted molar refractivity (Wildman–Crippen MR) is 213 cm³/mol. The van der Waals surface area contributed by atoms with Crippen molar-refractivity contribution < 1.29 is 50.9 Å². The van der Waals surface area contributed by atoms with Gasteiger partial charge in [-0.15, -0.1) is 6.42 Å². The summed E-state index contributed by atoms with van der Waals surface area (Å²) < 4.78 is 88.5. The molecule has 6 rings (SSSR count). The van der Waals surface area contributed by atoms with Gasteiger partial charge in [0.1, 0.15) is 34.0 Å². The lowest BCUT2D eigenvalue weighted by atomic mass is 9.95. The van der Waals surface area contributed by atoms with E-state index < -0.39 is 41.9 Å². The molecule has 0 radical (unpaired) electrons. The number of phenolic OH excluding ortho intramolecular Hbond substituents is 1. The number of pyridine rings is 1. The number of phenols is 1. The van der Waals surface area contributed by atoms with E-state index in [2.05, 4.69) is 32.8 Å². The predicted octanol–water partition coefficient (Wildman–Crippen LogP) is 6.03. The van der Waals surface area contributed by atoms with Crippen molar-refractivity contribution in [3.8, 4) is 41.2 Å². The van der Waals surface area contributed by atoms with Crippen LogP contribution < -0.4 is 14.4 Å². The number of amides is 2. The molecule has 4 aromatic rings. The molecule has 2 saturated heterocycles. The number of halogens is 5. The van der Waals surface area contributed by atoms with Gasteiger partial charge in [-0.2, -0.15) is 23.1 Å². The molecule has 0 saturated carbocycles. The number of alkyl halides is 3. The van der Waals surface area contributed by atoms with Gasteiger partial charge in [-0.05, 0) is 64.2 Å². The highest BCUT2D eigenvalue weighted by Gasteiger charge is 2.48. The van der Waals surface area contributed by atoms with Crippen LogP contribution in [0, 0.1) is 24.0 Å². The molecule has 2 aromatic heterocycles. The van der Waals surface area contributed by atoms with Gasteiger partial charge in [-0.25, -0.2) is 13.8 Å². The van der Waals surface area contributed by atoms with Gasteiger partial charge in [0.2, 0.25) is 12.3 Å². The zero-order chi connectivity index (χ0) is 43.9. The number of hydrogen-bond donors (Lipinski definition) is 1. The van der Waals surface area contributed by atoms with Crippen molar-refractivity contribution in [2.75, 3.05) is 66.4 Å². The van der Waals surface area contributed by atoms with Crippen molar-refractivity contribution >= 4 is 39.8 Å². The highest BCUT2D eigenvalue weighted by molar-refractivity contribution is 6.04. The normalized spacial score (nSPS) is 18.2. The number of likely N-dealkylation sites (N-methyl/N-ethyl adjacent to an activating group) is 1. The zero-order valence-corrected chi connectivity index (χ0v) is 34.5. The van der Waals surface area contributed by atoms with E-state index in [9.17, 15) is 32.3 Å². The van der Waals surface area contributed by atoms with Gasteiger partial charge in [-0.3, -0.25) is 9.59 Å². The van der Waals surface area contributed by atoms with E-state index in [0.29, 0.717) is 11.5 Å². The molecular formula is C41H50F5N7O6. The molecule has 3 unspecified atom stereocenters. The molecule has 1 N–H and O–H groups in total. The number of anilines is 1. The van der Waals surface area contributed by atoms with Gasteiger partial charge in [0.15, 0.2) is 5.82 Å². The quantitative estimate of drug-likeness (QED) is 0.127. The van der Waals surface area contributed by atoms with Crippen molar-refractivity contribution in [2.45, 2.75) is 71.0 Å². The van der Waals surface area contributed by atoms with Crippen LogP contribution >= 0.6 is 0 Å². The lowest BCUT2D eigenvalue weighted by Crippen LogP contribution is -2.62. The molecule has 2 aromatic carbocycles. The molecular weight excluding hydrogens is 781 g/mol. The summed E-state index contributed by atoms with van der Waals surface area (Å²) in [6.07, 6.45) is 2.70. The molecule has 2 aliphatic rings. The number of carbonyl (C=O) groups excluding carboxylic acids is 2. The Morgan fingerprint density at radius 1 is 1.10 bits per heavy atom. The molecule has 59 heavy (non-hydrogen) atoms. The molecule has 2 amide bonds. The van der Waals surface area contributed by atoms with Crippen molar-refractivity contribution in [3.05, 3.63) is 41.5 Å². The highest BCUT2D eigenvalue weighted by Crippen LogP contribution is 2.43. The first-order valence-corrected chi connectivity index (χ1v) is 18.8. The summed E-state index contributed by atoms with van der Waals surface area (Å²) in [6.45, 7) is 8.67. The average molecular weight is 832 g/mol. The number of likely N-dealkylation sites (tertiary alicyclic amines) is 1. The number of fused-ring (bicyclic) bond motifs is 2. The molecule has 2 fully saturated rings. The molecule has 0 bridgehead atoms. The monoisotopic (exact) mass is 831 g/mol. The van der Waals surface area contributed by atoms with Gasteiger partial charge in [0.05, 0.1) is 24.9 Å². The maximum absolute atomic E-state index is 16.8. The van der Waals surface area contributed by atoms with Crippen LogP contribution in [-0.2, 0) is 14.3 Å². The lowest BCUT2D eigenvalue weighted by Gasteiger charge is -2.46. The van der Waals surface area contributed by atoms with Crippen LogP contribution in [0.5, 0.6) is 17.6 Å². The van der Waals surface area contributed by atoms with Gasteiger partial charge >= 0.3 is 18.1 Å². The van der Waals surface area contributed by atoms with E-state index in [4.69, 9.17) is 20.6 Å². The summed E-state index contributed by atoms with van der Waals surface area (Å²) in [4.78, 5) is 41.1. The van der Waals surface area contributed by atoms with Gasteiger partial charge in [0.25, 0.3) is 0 Å². The largest absolute Gasteiger partial charge is 0.508 e. The Kier molecular flexibility index (Phi) is 15.2. The molecule has 320 valence electrons. The number of ether oxygens (including phenoxy) is 3. The molecule has 18 heteroatoms. The molecule has 0 spiro atoms. The Balaban J connectivity index is 0.000000506. The van der Waals surface area contributed by atoms with E-state index in [1.54, 1.807) is 46.9 Å². The number of benzene rings is 2.